The van der Waals surface area contributed by atoms with Gasteiger partial charge in [0.15, 0.2) is 0 Å². The van der Waals surface area contributed by atoms with Crippen LogP contribution in [0.5, 0.6) is 0 Å². The highest BCUT2D eigenvalue weighted by atomic mass is 16.5. The molecule has 9 heteroatoms. The van der Waals surface area contributed by atoms with Gasteiger partial charge in [-0.15, -0.1) is 0 Å². The Morgan fingerprint density at radius 3 is 1.17 bits per heavy atom. The first kappa shape index (κ1) is 59.9. The van der Waals surface area contributed by atoms with Gasteiger partial charge in [-0.05, 0) is 12.8 Å². The zero-order valence-corrected chi connectivity index (χ0v) is 41.3. The molecule has 0 aromatic carbocycles. The van der Waals surface area contributed by atoms with Gasteiger partial charge >= 0.3 is 0 Å². The summed E-state index contributed by atoms with van der Waals surface area (Å²) in [5, 5.41) is 65.6. The Morgan fingerprint density at radius 1 is 0.492 bits per heavy atom. The van der Waals surface area contributed by atoms with E-state index >= 15 is 0 Å². The molecule has 9 nitrogen and oxygen atoms in total. The van der Waals surface area contributed by atoms with Gasteiger partial charge in [-0.2, -0.15) is 0 Å². The number of nitrogens with one attached hydrogen (secondary N) is 1. The molecule has 63 heavy (non-hydrogen) atoms. The second-order valence-corrected chi connectivity index (χ2v) is 19.6. The number of amides is 1. The van der Waals surface area contributed by atoms with E-state index in [-0.39, 0.29) is 5.91 Å². The lowest BCUT2D eigenvalue weighted by Gasteiger charge is -2.39. The lowest BCUT2D eigenvalue weighted by atomic mass is 9.93. The molecule has 1 fully saturated rings. The van der Waals surface area contributed by atoms with Crippen molar-refractivity contribution in [2.24, 2.45) is 0 Å². The number of carbonyl (C=O) groups excluding carboxylic acids is 1. The van der Waals surface area contributed by atoms with Crippen molar-refractivity contribution in [3.05, 3.63) is 12.2 Å². The Labute approximate surface area is 388 Å². The van der Waals surface area contributed by atoms with Gasteiger partial charge in [0.1, 0.15) is 36.6 Å². The summed E-state index contributed by atoms with van der Waals surface area (Å²) < 4.78 is 5.61. The van der Waals surface area contributed by atoms with Crippen molar-refractivity contribution in [1.82, 2.24) is 5.32 Å². The van der Waals surface area contributed by atoms with Crippen molar-refractivity contribution in [2.45, 2.75) is 319 Å². The van der Waals surface area contributed by atoms with Gasteiger partial charge in [-0.1, -0.05) is 264 Å². The Morgan fingerprint density at radius 2 is 0.825 bits per heavy atom. The van der Waals surface area contributed by atoms with Crippen LogP contribution in [0, 0.1) is 0 Å². The van der Waals surface area contributed by atoms with Crippen LogP contribution in [-0.2, 0) is 9.53 Å². The number of hydrogen-bond donors (Lipinski definition) is 7. The minimum Gasteiger partial charge on any atom is -0.394 e. The first-order valence-corrected chi connectivity index (χ1v) is 27.4. The molecule has 0 aromatic heterocycles. The molecular formula is C54H105NO8. The predicted octanol–water partition coefficient (Wildman–Crippen LogP) is 12.2. The molecule has 1 heterocycles. The smallest absolute Gasteiger partial charge is 0.220 e. The molecule has 2 unspecified atom stereocenters. The summed E-state index contributed by atoms with van der Waals surface area (Å²) in [6.45, 7) is 3.99. The molecule has 0 radical (unpaired) electrons. The first-order chi connectivity index (χ1) is 30.8. The van der Waals surface area contributed by atoms with Gasteiger partial charge < -0.3 is 40.7 Å². The fourth-order valence-electron chi connectivity index (χ4n) is 9.23. The Bertz CT molecular complexity index is 1010. The standard InChI is InChI=1S/C54H105NO8/c1-3-5-7-9-11-13-15-17-18-19-20-21-22-23-24-25-26-27-28-29-30-32-34-36-38-40-42-50(58)55-46(43-44-48-52(60)54(62)53(61)49(45-56)63-48)51(59)47(57)41-39-37-35-33-31-16-14-12-10-8-6-4-2/h43-44,46-49,51-54,56-57,59-62H,3-42,45H2,1-2H3,(H,55,58)/t46-,47+,48+,49?,51-,52?,53-,54+/m0/s1. The number of rotatable bonds is 46. The van der Waals surface area contributed by atoms with Crippen molar-refractivity contribution in [2.75, 3.05) is 6.61 Å². The number of aliphatic hydroxyl groups excluding tert-OH is 6. The third-order valence-electron chi connectivity index (χ3n) is 13.6. The van der Waals surface area contributed by atoms with E-state index in [1.807, 2.05) is 0 Å². The Balaban J connectivity index is 2.23. The number of unbranched alkanes of at least 4 members (excludes halogenated alkanes) is 36. The molecule has 0 spiro atoms. The molecular weight excluding hydrogens is 791 g/mol. The van der Waals surface area contributed by atoms with Crippen LogP contribution in [0.2, 0.25) is 0 Å². The molecule has 1 rings (SSSR count). The van der Waals surface area contributed by atoms with Crippen LogP contribution in [-0.4, -0.2) is 91.9 Å². The zero-order valence-electron chi connectivity index (χ0n) is 41.3. The number of ether oxygens (including phenoxy) is 1. The average molecular weight is 896 g/mol. The molecule has 1 amide bonds. The van der Waals surface area contributed by atoms with Gasteiger partial charge in [0.25, 0.3) is 0 Å². The molecule has 1 saturated heterocycles. The lowest BCUT2D eigenvalue weighted by Crippen LogP contribution is -2.58. The lowest BCUT2D eigenvalue weighted by molar-refractivity contribution is -0.216. The van der Waals surface area contributed by atoms with Gasteiger partial charge in [0, 0.05) is 6.42 Å². The predicted molar refractivity (Wildman–Crippen MR) is 263 cm³/mol. The van der Waals surface area contributed by atoms with E-state index in [9.17, 15) is 35.4 Å². The molecule has 374 valence electrons. The number of hydrogen-bond acceptors (Lipinski definition) is 8. The topological polar surface area (TPSA) is 160 Å². The number of carbonyl (C=O) groups is 1. The summed E-state index contributed by atoms with van der Waals surface area (Å²) in [7, 11) is 0. The van der Waals surface area contributed by atoms with Crippen LogP contribution in [0.15, 0.2) is 12.2 Å². The van der Waals surface area contributed by atoms with Crippen LogP contribution in [0.4, 0.5) is 0 Å². The van der Waals surface area contributed by atoms with E-state index in [4.69, 9.17) is 4.74 Å². The molecule has 0 aliphatic carbocycles. The minimum atomic E-state index is -1.53. The van der Waals surface area contributed by atoms with E-state index in [0.717, 1.165) is 38.5 Å². The van der Waals surface area contributed by atoms with E-state index in [0.29, 0.717) is 12.8 Å². The van der Waals surface area contributed by atoms with E-state index in [1.54, 1.807) is 0 Å². The normalized spacial score (nSPS) is 20.7. The summed E-state index contributed by atoms with van der Waals surface area (Å²) in [4.78, 5) is 13.1. The summed E-state index contributed by atoms with van der Waals surface area (Å²) in [6, 6.07) is -0.943. The highest BCUT2D eigenvalue weighted by Crippen LogP contribution is 2.23. The Kier molecular flexibility index (Phi) is 41.4. The summed E-state index contributed by atoms with van der Waals surface area (Å²) in [5.74, 6) is -0.223. The second kappa shape index (κ2) is 43.5. The molecule has 0 bridgehead atoms. The van der Waals surface area contributed by atoms with E-state index in [1.165, 1.54) is 218 Å². The van der Waals surface area contributed by atoms with Crippen LogP contribution in [0.1, 0.15) is 271 Å². The van der Waals surface area contributed by atoms with Crippen LogP contribution < -0.4 is 5.32 Å². The van der Waals surface area contributed by atoms with Crippen molar-refractivity contribution in [3.8, 4) is 0 Å². The summed E-state index contributed by atoms with van der Waals surface area (Å²) in [5.41, 5.74) is 0. The first-order valence-electron chi connectivity index (χ1n) is 27.4. The van der Waals surface area contributed by atoms with Crippen molar-refractivity contribution < 1.29 is 40.2 Å². The fraction of sp³-hybridized carbons (Fsp3) is 0.944. The molecule has 0 saturated carbocycles. The van der Waals surface area contributed by atoms with Crippen LogP contribution in [0.25, 0.3) is 0 Å². The van der Waals surface area contributed by atoms with E-state index < -0.39 is 55.4 Å². The van der Waals surface area contributed by atoms with Gasteiger partial charge in [-0.3, -0.25) is 4.79 Å². The maximum atomic E-state index is 13.1. The number of aliphatic hydroxyl groups is 6. The van der Waals surface area contributed by atoms with Crippen LogP contribution >= 0.6 is 0 Å². The van der Waals surface area contributed by atoms with E-state index in [2.05, 4.69) is 19.2 Å². The maximum Gasteiger partial charge on any atom is 0.220 e. The monoisotopic (exact) mass is 896 g/mol. The summed E-state index contributed by atoms with van der Waals surface area (Å²) >= 11 is 0. The largest absolute Gasteiger partial charge is 0.394 e. The molecule has 7 N–H and O–H groups in total. The quantitative estimate of drug-likeness (QED) is 0.0235. The Hall–Kier alpha value is -1.07. The van der Waals surface area contributed by atoms with Crippen molar-refractivity contribution in [1.29, 1.82) is 0 Å². The van der Waals surface area contributed by atoms with Gasteiger partial charge in [-0.25, -0.2) is 0 Å². The zero-order chi connectivity index (χ0) is 46.0. The third-order valence-corrected chi connectivity index (χ3v) is 13.6. The highest BCUT2D eigenvalue weighted by Gasteiger charge is 2.42. The minimum absolute atomic E-state index is 0.223. The van der Waals surface area contributed by atoms with Gasteiger partial charge in [0.2, 0.25) is 5.91 Å². The average Bonchev–Trinajstić information content (AvgIpc) is 3.28. The molecule has 8 atom stereocenters. The summed E-state index contributed by atoms with van der Waals surface area (Å²) in [6.07, 6.45) is 43.7. The second-order valence-electron chi connectivity index (χ2n) is 19.6. The van der Waals surface area contributed by atoms with Crippen molar-refractivity contribution >= 4 is 5.91 Å². The third kappa shape index (κ3) is 33.1. The molecule has 1 aliphatic rings. The maximum absolute atomic E-state index is 13.1. The van der Waals surface area contributed by atoms with Crippen molar-refractivity contribution in [3.63, 3.8) is 0 Å². The SMILES string of the molecule is CCCCCCCCCCCCCCCCCCCCCCCCCCCCC(=O)N[C@@H](C=C[C@H]1OC(CO)[C@H](O)[C@H](O)C1O)[C@H](O)[C@H](O)CCCCCCCCCCCCCC. The fourth-order valence-corrected chi connectivity index (χ4v) is 9.23. The van der Waals surface area contributed by atoms with Gasteiger partial charge in [0.05, 0.1) is 18.8 Å². The molecule has 1 aliphatic heterocycles. The van der Waals surface area contributed by atoms with Crippen LogP contribution in [0.3, 0.4) is 0 Å². The molecule has 0 aromatic rings. The highest BCUT2D eigenvalue weighted by molar-refractivity contribution is 5.76.